The molecule has 0 radical (unpaired) electrons. The molecule has 0 atom stereocenters. The molecule has 0 fully saturated rings. The van der Waals surface area contributed by atoms with Crippen molar-refractivity contribution >= 4 is 48.1 Å². The maximum absolute atomic E-state index is 12.2. The third-order valence-corrected chi connectivity index (χ3v) is 6.39. The second kappa shape index (κ2) is 6.33. The molecule has 2 rings (SSSR count). The Kier molecular flexibility index (Phi) is 4.90. The SMILES string of the molecule is CCS(=O)(=O)c1c(N)nsc1N(C)Cc1cccc(Br)c1. The lowest BCUT2D eigenvalue weighted by molar-refractivity contribution is 0.597. The molecule has 1 aromatic carbocycles. The fourth-order valence-electron chi connectivity index (χ4n) is 1.95. The first kappa shape index (κ1) is 16.3. The van der Waals surface area contributed by atoms with Crippen LogP contribution in [-0.2, 0) is 16.4 Å². The van der Waals surface area contributed by atoms with Crippen molar-refractivity contribution in [3.05, 3.63) is 34.3 Å². The quantitative estimate of drug-likeness (QED) is 0.850. The van der Waals surface area contributed by atoms with E-state index in [1.54, 1.807) is 6.92 Å². The summed E-state index contributed by atoms with van der Waals surface area (Å²) in [6, 6.07) is 7.87. The molecule has 0 amide bonds. The van der Waals surface area contributed by atoms with Crippen LogP contribution < -0.4 is 10.6 Å². The molecular formula is C13H16BrN3O2S2. The summed E-state index contributed by atoms with van der Waals surface area (Å²) in [6.07, 6.45) is 0. The van der Waals surface area contributed by atoms with Gasteiger partial charge in [-0.1, -0.05) is 35.0 Å². The topological polar surface area (TPSA) is 76.3 Å². The monoisotopic (exact) mass is 389 g/mol. The molecule has 0 bridgehead atoms. The fourth-order valence-corrected chi connectivity index (χ4v) is 4.69. The number of nitrogens with zero attached hydrogens (tertiary/aromatic N) is 2. The second-order valence-electron chi connectivity index (χ2n) is 4.59. The predicted octanol–water partition coefficient (Wildman–Crippen LogP) is 2.92. The van der Waals surface area contributed by atoms with Crippen LogP contribution in [0.1, 0.15) is 12.5 Å². The molecule has 2 N–H and O–H groups in total. The van der Waals surface area contributed by atoms with Gasteiger partial charge in [0.1, 0.15) is 9.90 Å². The van der Waals surface area contributed by atoms with Crippen LogP contribution in [0.4, 0.5) is 10.8 Å². The van der Waals surface area contributed by atoms with Crippen molar-refractivity contribution in [2.24, 2.45) is 0 Å². The summed E-state index contributed by atoms with van der Waals surface area (Å²) in [6.45, 7) is 2.18. The van der Waals surface area contributed by atoms with Gasteiger partial charge in [0.25, 0.3) is 0 Å². The van der Waals surface area contributed by atoms with Gasteiger partial charge in [0.15, 0.2) is 15.7 Å². The maximum atomic E-state index is 12.2. The van der Waals surface area contributed by atoms with E-state index in [0.29, 0.717) is 11.5 Å². The van der Waals surface area contributed by atoms with Gasteiger partial charge >= 0.3 is 0 Å². The lowest BCUT2D eigenvalue weighted by atomic mass is 10.2. The molecule has 0 aliphatic carbocycles. The normalized spacial score (nSPS) is 11.6. The molecule has 0 aliphatic heterocycles. The molecule has 0 spiro atoms. The highest BCUT2D eigenvalue weighted by Gasteiger charge is 2.26. The molecule has 0 saturated heterocycles. The first-order valence-electron chi connectivity index (χ1n) is 6.28. The summed E-state index contributed by atoms with van der Waals surface area (Å²) in [5.41, 5.74) is 6.81. The van der Waals surface area contributed by atoms with E-state index in [4.69, 9.17) is 5.73 Å². The van der Waals surface area contributed by atoms with Gasteiger partial charge in [-0.2, -0.15) is 4.37 Å². The smallest absolute Gasteiger partial charge is 0.184 e. The van der Waals surface area contributed by atoms with Crippen molar-refractivity contribution in [2.75, 3.05) is 23.4 Å². The number of benzene rings is 1. The summed E-state index contributed by atoms with van der Waals surface area (Å²) >= 11 is 4.54. The molecule has 1 aromatic heterocycles. The van der Waals surface area contributed by atoms with E-state index in [0.717, 1.165) is 21.6 Å². The summed E-state index contributed by atoms with van der Waals surface area (Å²) in [7, 11) is -1.55. The van der Waals surface area contributed by atoms with Crippen LogP contribution in [0.15, 0.2) is 33.6 Å². The average molecular weight is 390 g/mol. The van der Waals surface area contributed by atoms with E-state index in [1.165, 1.54) is 0 Å². The number of anilines is 2. The van der Waals surface area contributed by atoms with Crippen LogP contribution in [0.5, 0.6) is 0 Å². The van der Waals surface area contributed by atoms with Crippen LogP contribution in [0.2, 0.25) is 0 Å². The molecule has 1 heterocycles. The van der Waals surface area contributed by atoms with Gasteiger partial charge in [0, 0.05) is 18.1 Å². The third kappa shape index (κ3) is 3.56. The Morgan fingerprint density at radius 2 is 2.14 bits per heavy atom. The second-order valence-corrected chi connectivity index (χ2v) is 8.47. The van der Waals surface area contributed by atoms with Gasteiger partial charge < -0.3 is 10.6 Å². The van der Waals surface area contributed by atoms with Crippen LogP contribution in [-0.4, -0.2) is 25.6 Å². The van der Waals surface area contributed by atoms with E-state index in [2.05, 4.69) is 20.3 Å². The minimum Gasteiger partial charge on any atom is -0.382 e. The van der Waals surface area contributed by atoms with E-state index in [1.807, 2.05) is 36.2 Å². The summed E-state index contributed by atoms with van der Waals surface area (Å²) in [5, 5.41) is 0.578. The third-order valence-electron chi connectivity index (χ3n) is 3.00. The van der Waals surface area contributed by atoms with Gasteiger partial charge in [-0.3, -0.25) is 0 Å². The Labute approximate surface area is 137 Å². The molecule has 21 heavy (non-hydrogen) atoms. The highest BCUT2D eigenvalue weighted by atomic mass is 79.9. The summed E-state index contributed by atoms with van der Waals surface area (Å²) < 4.78 is 29.3. The minimum atomic E-state index is -3.39. The van der Waals surface area contributed by atoms with Crippen molar-refractivity contribution in [1.82, 2.24) is 4.37 Å². The number of nitrogens with two attached hydrogens (primary N) is 1. The lowest BCUT2D eigenvalue weighted by Gasteiger charge is -2.18. The van der Waals surface area contributed by atoms with Crippen molar-refractivity contribution in [2.45, 2.75) is 18.4 Å². The summed E-state index contributed by atoms with van der Waals surface area (Å²) in [5.74, 6) is 0.0887. The van der Waals surface area contributed by atoms with Crippen molar-refractivity contribution in [3.63, 3.8) is 0 Å². The Hall–Kier alpha value is -1.12. The fraction of sp³-hybridized carbons (Fsp3) is 0.308. The lowest BCUT2D eigenvalue weighted by Crippen LogP contribution is -2.18. The van der Waals surface area contributed by atoms with Crippen LogP contribution in [0.25, 0.3) is 0 Å². The number of hydrogen-bond donors (Lipinski definition) is 1. The molecule has 8 heteroatoms. The van der Waals surface area contributed by atoms with Crippen molar-refractivity contribution in [1.29, 1.82) is 0 Å². The summed E-state index contributed by atoms with van der Waals surface area (Å²) in [4.78, 5) is 2.01. The molecular weight excluding hydrogens is 374 g/mol. The highest BCUT2D eigenvalue weighted by molar-refractivity contribution is 9.10. The van der Waals surface area contributed by atoms with Crippen LogP contribution >= 0.6 is 27.5 Å². The Bertz CT molecular complexity index is 744. The maximum Gasteiger partial charge on any atom is 0.184 e. The van der Waals surface area contributed by atoms with E-state index >= 15 is 0 Å². The zero-order valence-electron chi connectivity index (χ0n) is 11.7. The van der Waals surface area contributed by atoms with E-state index in [-0.39, 0.29) is 16.5 Å². The number of sulfone groups is 1. The van der Waals surface area contributed by atoms with Gasteiger partial charge in [-0.05, 0) is 29.2 Å². The van der Waals surface area contributed by atoms with Gasteiger partial charge in [0.2, 0.25) is 0 Å². The minimum absolute atomic E-state index is 0.00728. The predicted molar refractivity (Wildman–Crippen MR) is 90.5 cm³/mol. The van der Waals surface area contributed by atoms with Crippen molar-refractivity contribution < 1.29 is 8.42 Å². The van der Waals surface area contributed by atoms with E-state index < -0.39 is 9.84 Å². The Balaban J connectivity index is 2.35. The molecule has 2 aromatic rings. The standard InChI is InChI=1S/C13H16BrN3O2S2/c1-3-21(18,19)11-12(15)16-20-13(11)17(2)8-9-5-4-6-10(14)7-9/h4-7H,3,8H2,1-2H3,(H2,15,16). The van der Waals surface area contributed by atoms with Crippen molar-refractivity contribution in [3.8, 4) is 0 Å². The Morgan fingerprint density at radius 1 is 1.43 bits per heavy atom. The van der Waals surface area contributed by atoms with Gasteiger partial charge in [0.05, 0.1) is 5.75 Å². The molecule has 5 nitrogen and oxygen atoms in total. The average Bonchev–Trinajstić information content (AvgIpc) is 2.81. The molecule has 0 saturated carbocycles. The highest BCUT2D eigenvalue weighted by Crippen LogP contribution is 2.35. The molecule has 0 unspecified atom stereocenters. The zero-order valence-corrected chi connectivity index (χ0v) is 14.9. The number of halogens is 1. The van der Waals surface area contributed by atoms with Crippen LogP contribution in [0.3, 0.4) is 0 Å². The number of rotatable bonds is 5. The number of aromatic nitrogens is 1. The van der Waals surface area contributed by atoms with Gasteiger partial charge in [-0.15, -0.1) is 0 Å². The number of hydrogen-bond acceptors (Lipinski definition) is 6. The zero-order chi connectivity index (χ0) is 15.6. The Morgan fingerprint density at radius 3 is 2.76 bits per heavy atom. The number of nitrogen functional groups attached to an aromatic ring is 1. The van der Waals surface area contributed by atoms with Gasteiger partial charge in [-0.25, -0.2) is 8.42 Å². The first-order chi connectivity index (χ1) is 9.85. The van der Waals surface area contributed by atoms with Crippen LogP contribution in [0, 0.1) is 0 Å². The largest absolute Gasteiger partial charge is 0.382 e. The molecule has 0 aliphatic rings. The molecule has 114 valence electrons. The van der Waals surface area contributed by atoms with E-state index in [9.17, 15) is 8.42 Å². The first-order valence-corrected chi connectivity index (χ1v) is 9.50.